The molecule has 0 spiro atoms. The molecule has 27 heavy (non-hydrogen) atoms. The number of H-pyrrole nitrogens is 1. The van der Waals surface area contributed by atoms with Crippen molar-refractivity contribution in [2.24, 2.45) is 5.92 Å². The van der Waals surface area contributed by atoms with Gasteiger partial charge in [-0.15, -0.1) is 0 Å². The molecule has 1 fully saturated rings. The van der Waals surface area contributed by atoms with E-state index in [1.807, 2.05) is 0 Å². The molecule has 0 amide bonds. The van der Waals surface area contributed by atoms with Crippen LogP contribution in [0, 0.1) is 12.8 Å². The number of fused-ring (bicyclic) bond motifs is 1. The first-order chi connectivity index (χ1) is 13.3. The summed E-state index contributed by atoms with van der Waals surface area (Å²) in [6.07, 6.45) is 9.49. The summed E-state index contributed by atoms with van der Waals surface area (Å²) in [4.78, 5) is 3.67. The molecule has 2 aromatic carbocycles. The first-order valence-corrected chi connectivity index (χ1v) is 10.6. The van der Waals surface area contributed by atoms with Crippen LogP contribution in [-0.4, -0.2) is 11.5 Å². The van der Waals surface area contributed by atoms with E-state index < -0.39 is 0 Å². The Morgan fingerprint density at radius 1 is 1.00 bits per heavy atom. The van der Waals surface area contributed by atoms with Crippen LogP contribution in [0.2, 0.25) is 0 Å². The minimum atomic E-state index is 0.337. The van der Waals surface area contributed by atoms with Gasteiger partial charge in [0, 0.05) is 11.2 Å². The first-order valence-electron chi connectivity index (χ1n) is 10.6. The summed E-state index contributed by atoms with van der Waals surface area (Å²) in [5.41, 5.74) is 5.26. The Bertz CT molecular complexity index is 843. The molecule has 2 nitrogen and oxygen atoms in total. The highest BCUT2D eigenvalue weighted by Gasteiger charge is 2.17. The molecule has 1 heterocycles. The highest BCUT2D eigenvalue weighted by atomic mass is 14.9. The lowest BCUT2D eigenvalue weighted by Gasteiger charge is -2.23. The predicted molar refractivity (Wildman–Crippen MR) is 115 cm³/mol. The van der Waals surface area contributed by atoms with E-state index in [4.69, 9.17) is 0 Å². The van der Waals surface area contributed by atoms with Gasteiger partial charge in [0.05, 0.1) is 6.04 Å². The van der Waals surface area contributed by atoms with E-state index in [1.54, 1.807) is 0 Å². The van der Waals surface area contributed by atoms with Crippen molar-refractivity contribution in [1.82, 2.24) is 10.3 Å². The molecule has 1 aromatic heterocycles. The predicted octanol–water partition coefficient (Wildman–Crippen LogP) is 6.32. The minimum Gasteiger partial charge on any atom is -0.357 e. The molecule has 1 atom stereocenters. The maximum Gasteiger partial charge on any atom is 0.0514 e. The highest BCUT2D eigenvalue weighted by molar-refractivity contribution is 5.81. The van der Waals surface area contributed by atoms with Gasteiger partial charge >= 0.3 is 0 Å². The highest BCUT2D eigenvalue weighted by Crippen LogP contribution is 2.27. The van der Waals surface area contributed by atoms with Crippen molar-refractivity contribution >= 4 is 10.9 Å². The Kier molecular flexibility index (Phi) is 5.94. The van der Waals surface area contributed by atoms with Crippen molar-refractivity contribution < 1.29 is 0 Å². The van der Waals surface area contributed by atoms with Crippen molar-refractivity contribution in [2.45, 2.75) is 57.9 Å². The molecule has 142 valence electrons. The van der Waals surface area contributed by atoms with Crippen LogP contribution in [0.3, 0.4) is 0 Å². The number of benzene rings is 2. The largest absolute Gasteiger partial charge is 0.357 e. The number of aromatic nitrogens is 1. The van der Waals surface area contributed by atoms with Crippen LogP contribution < -0.4 is 5.32 Å². The third kappa shape index (κ3) is 4.81. The maximum absolute atomic E-state index is 3.88. The van der Waals surface area contributed by atoms with Crippen molar-refractivity contribution in [3.8, 4) is 0 Å². The number of aromatic amines is 1. The summed E-state index contributed by atoms with van der Waals surface area (Å²) in [5, 5.41) is 5.19. The number of hydrogen-bond acceptors (Lipinski definition) is 1. The van der Waals surface area contributed by atoms with Crippen LogP contribution in [-0.2, 0) is 6.42 Å². The molecule has 2 heteroatoms. The van der Waals surface area contributed by atoms with E-state index in [9.17, 15) is 0 Å². The molecule has 1 aliphatic rings. The number of rotatable bonds is 7. The SMILES string of the molecule is Cc1ccc2[nH]c([C@@H](Cc3ccccc3)NCCC3CCCCC3)cc2c1. The Hall–Kier alpha value is -2.06. The Labute approximate surface area is 163 Å². The molecule has 0 aliphatic heterocycles. The van der Waals surface area contributed by atoms with Gasteiger partial charge in [-0.25, -0.2) is 0 Å². The molecular formula is C25H32N2. The maximum atomic E-state index is 3.88. The van der Waals surface area contributed by atoms with Gasteiger partial charge in [-0.3, -0.25) is 0 Å². The average molecular weight is 361 g/mol. The average Bonchev–Trinajstić information content (AvgIpc) is 3.12. The van der Waals surface area contributed by atoms with Gasteiger partial charge in [0.1, 0.15) is 0 Å². The molecule has 1 aliphatic carbocycles. The fourth-order valence-corrected chi connectivity index (χ4v) is 4.54. The van der Waals surface area contributed by atoms with Crippen molar-refractivity contribution in [1.29, 1.82) is 0 Å². The van der Waals surface area contributed by atoms with Crippen LogP contribution >= 0.6 is 0 Å². The lowest BCUT2D eigenvalue weighted by Crippen LogP contribution is -2.26. The summed E-state index contributed by atoms with van der Waals surface area (Å²) in [6, 6.07) is 20.2. The van der Waals surface area contributed by atoms with Gasteiger partial charge in [0.15, 0.2) is 0 Å². The Morgan fingerprint density at radius 2 is 1.81 bits per heavy atom. The molecule has 1 saturated carbocycles. The Morgan fingerprint density at radius 3 is 2.63 bits per heavy atom. The van der Waals surface area contributed by atoms with Crippen molar-refractivity contribution in [2.75, 3.05) is 6.54 Å². The summed E-state index contributed by atoms with van der Waals surface area (Å²) < 4.78 is 0. The fraction of sp³-hybridized carbons (Fsp3) is 0.440. The smallest absolute Gasteiger partial charge is 0.0514 e. The van der Waals surface area contributed by atoms with Crippen LogP contribution in [0.1, 0.15) is 61.4 Å². The van der Waals surface area contributed by atoms with Gasteiger partial charge in [-0.1, -0.05) is 74.1 Å². The molecule has 0 radical (unpaired) electrons. The molecule has 0 saturated heterocycles. The normalized spacial score (nSPS) is 16.6. The second-order valence-corrected chi connectivity index (χ2v) is 8.30. The molecule has 2 N–H and O–H groups in total. The van der Waals surface area contributed by atoms with Gasteiger partial charge < -0.3 is 10.3 Å². The van der Waals surface area contributed by atoms with Gasteiger partial charge in [0.25, 0.3) is 0 Å². The lowest BCUT2D eigenvalue weighted by atomic mass is 9.87. The van der Waals surface area contributed by atoms with Crippen molar-refractivity contribution in [3.63, 3.8) is 0 Å². The first kappa shape index (κ1) is 18.3. The van der Waals surface area contributed by atoms with Crippen LogP contribution in [0.25, 0.3) is 10.9 Å². The minimum absolute atomic E-state index is 0.337. The van der Waals surface area contributed by atoms with Crippen molar-refractivity contribution in [3.05, 3.63) is 71.4 Å². The second kappa shape index (κ2) is 8.75. The summed E-state index contributed by atoms with van der Waals surface area (Å²) in [6.45, 7) is 3.27. The topological polar surface area (TPSA) is 27.8 Å². The number of hydrogen-bond donors (Lipinski definition) is 2. The summed E-state index contributed by atoms with van der Waals surface area (Å²) in [7, 11) is 0. The molecule has 0 unspecified atom stereocenters. The van der Waals surface area contributed by atoms with E-state index >= 15 is 0 Å². The Balaban J connectivity index is 1.49. The fourth-order valence-electron chi connectivity index (χ4n) is 4.54. The number of nitrogens with one attached hydrogen (secondary N) is 2. The van der Waals surface area contributed by atoms with E-state index in [2.05, 4.69) is 71.8 Å². The van der Waals surface area contributed by atoms with E-state index in [0.29, 0.717) is 6.04 Å². The van der Waals surface area contributed by atoms with Crippen LogP contribution in [0.5, 0.6) is 0 Å². The molecular weight excluding hydrogens is 328 g/mol. The lowest BCUT2D eigenvalue weighted by molar-refractivity contribution is 0.327. The third-order valence-corrected chi connectivity index (χ3v) is 6.12. The zero-order chi connectivity index (χ0) is 18.5. The van der Waals surface area contributed by atoms with Crippen LogP contribution in [0.4, 0.5) is 0 Å². The number of aryl methyl sites for hydroxylation is 1. The molecule has 4 rings (SSSR count). The molecule has 0 bridgehead atoms. The molecule has 3 aromatic rings. The summed E-state index contributed by atoms with van der Waals surface area (Å²) >= 11 is 0. The zero-order valence-corrected chi connectivity index (χ0v) is 16.5. The standard InChI is InChI=1S/C25H32N2/c1-19-12-13-23-22(16-19)18-25(27-23)24(17-21-10-6-3-7-11-21)26-15-14-20-8-4-2-5-9-20/h3,6-7,10-13,16,18,20,24,26-27H,2,4-5,8-9,14-15,17H2,1H3/t24-/m1/s1. The van der Waals surface area contributed by atoms with Gasteiger partial charge in [-0.05, 0) is 61.4 Å². The monoisotopic (exact) mass is 360 g/mol. The van der Waals surface area contributed by atoms with Gasteiger partial charge in [0.2, 0.25) is 0 Å². The quantitative estimate of drug-likeness (QED) is 0.507. The summed E-state index contributed by atoms with van der Waals surface area (Å²) in [5.74, 6) is 0.925. The van der Waals surface area contributed by atoms with Gasteiger partial charge in [-0.2, -0.15) is 0 Å². The third-order valence-electron chi connectivity index (χ3n) is 6.12. The van der Waals surface area contributed by atoms with Crippen LogP contribution in [0.15, 0.2) is 54.6 Å². The van der Waals surface area contributed by atoms with E-state index in [-0.39, 0.29) is 0 Å². The van der Waals surface area contributed by atoms with E-state index in [0.717, 1.165) is 18.9 Å². The van der Waals surface area contributed by atoms with E-state index in [1.165, 1.54) is 66.2 Å². The second-order valence-electron chi connectivity index (χ2n) is 8.30. The zero-order valence-electron chi connectivity index (χ0n) is 16.5.